The lowest BCUT2D eigenvalue weighted by atomic mass is 10.4. The van der Waals surface area contributed by atoms with Crippen LogP contribution in [0.15, 0.2) is 45.1 Å². The molecule has 0 spiro atoms. The standard InChI is InChI=1S/C14H12N4O4S/c1-21-12-5-4-9(7-15-12)16-11(19)8-18-14(20)22-13(17-18)10-3-2-6-23-10/h2-7H,8H2,1H3,(H,16,19). The van der Waals surface area contributed by atoms with Crippen LogP contribution in [-0.4, -0.2) is 27.8 Å². The monoisotopic (exact) mass is 332 g/mol. The first-order chi connectivity index (χ1) is 11.2. The smallest absolute Gasteiger partial charge is 0.437 e. The maximum Gasteiger partial charge on any atom is 0.437 e. The van der Waals surface area contributed by atoms with Gasteiger partial charge in [-0.15, -0.1) is 16.4 Å². The van der Waals surface area contributed by atoms with Crippen molar-refractivity contribution in [2.24, 2.45) is 0 Å². The molecule has 0 aromatic carbocycles. The summed E-state index contributed by atoms with van der Waals surface area (Å²) in [6, 6.07) is 6.87. The van der Waals surface area contributed by atoms with Crippen molar-refractivity contribution < 1.29 is 13.9 Å². The number of hydrogen-bond donors (Lipinski definition) is 1. The van der Waals surface area contributed by atoms with Crippen LogP contribution >= 0.6 is 11.3 Å². The van der Waals surface area contributed by atoms with E-state index in [1.54, 1.807) is 18.2 Å². The third kappa shape index (κ3) is 3.46. The van der Waals surface area contributed by atoms with E-state index in [9.17, 15) is 9.59 Å². The maximum absolute atomic E-state index is 12.0. The average Bonchev–Trinajstić information content (AvgIpc) is 3.18. The molecule has 0 unspecified atom stereocenters. The second-order valence-corrected chi connectivity index (χ2v) is 5.39. The highest BCUT2D eigenvalue weighted by Crippen LogP contribution is 2.21. The number of pyridine rings is 1. The van der Waals surface area contributed by atoms with Gasteiger partial charge in [-0.3, -0.25) is 4.79 Å². The number of carbonyl (C=O) groups is 1. The van der Waals surface area contributed by atoms with Gasteiger partial charge in [0.1, 0.15) is 6.54 Å². The molecule has 0 saturated heterocycles. The first-order valence-electron chi connectivity index (χ1n) is 6.57. The fourth-order valence-electron chi connectivity index (χ4n) is 1.82. The third-order valence-electron chi connectivity index (χ3n) is 2.86. The average molecular weight is 332 g/mol. The molecule has 0 aliphatic rings. The Bertz CT molecular complexity index is 852. The molecule has 0 bridgehead atoms. The quantitative estimate of drug-likeness (QED) is 0.762. The van der Waals surface area contributed by atoms with E-state index in [0.29, 0.717) is 11.6 Å². The van der Waals surface area contributed by atoms with E-state index in [0.717, 1.165) is 9.56 Å². The SMILES string of the molecule is COc1ccc(NC(=O)Cn2nc(-c3cccs3)oc2=O)cn1. The molecule has 3 heterocycles. The highest BCUT2D eigenvalue weighted by Gasteiger charge is 2.14. The van der Waals surface area contributed by atoms with Gasteiger partial charge in [0.15, 0.2) is 0 Å². The summed E-state index contributed by atoms with van der Waals surface area (Å²) in [4.78, 5) is 28.4. The Morgan fingerprint density at radius 2 is 2.30 bits per heavy atom. The molecule has 0 radical (unpaired) electrons. The van der Waals surface area contributed by atoms with E-state index in [2.05, 4.69) is 15.4 Å². The van der Waals surface area contributed by atoms with Gasteiger partial charge in [0.25, 0.3) is 5.89 Å². The molecule has 8 nitrogen and oxygen atoms in total. The number of thiophene rings is 1. The van der Waals surface area contributed by atoms with Crippen LogP contribution in [0.3, 0.4) is 0 Å². The Kier molecular flexibility index (Phi) is 4.20. The first kappa shape index (κ1) is 15.0. The van der Waals surface area contributed by atoms with Crippen LogP contribution in [0.5, 0.6) is 5.88 Å². The molecular formula is C14H12N4O4S. The van der Waals surface area contributed by atoms with Crippen molar-refractivity contribution in [3.63, 3.8) is 0 Å². The molecule has 0 aliphatic heterocycles. The Balaban J connectivity index is 1.69. The van der Waals surface area contributed by atoms with Gasteiger partial charge in [-0.05, 0) is 17.5 Å². The highest BCUT2D eigenvalue weighted by atomic mass is 32.1. The molecule has 0 saturated carbocycles. The summed E-state index contributed by atoms with van der Waals surface area (Å²) >= 11 is 1.39. The number of anilines is 1. The summed E-state index contributed by atoms with van der Waals surface area (Å²) in [7, 11) is 1.50. The number of ether oxygens (including phenoxy) is 1. The van der Waals surface area contributed by atoms with E-state index in [1.807, 2.05) is 11.4 Å². The van der Waals surface area contributed by atoms with Crippen molar-refractivity contribution >= 4 is 22.9 Å². The van der Waals surface area contributed by atoms with Crippen molar-refractivity contribution in [3.8, 4) is 16.6 Å². The van der Waals surface area contributed by atoms with E-state index in [1.165, 1.54) is 24.6 Å². The van der Waals surface area contributed by atoms with Crippen LogP contribution in [0.2, 0.25) is 0 Å². The zero-order valence-corrected chi connectivity index (χ0v) is 12.9. The molecule has 3 aromatic heterocycles. The molecule has 1 amide bonds. The number of rotatable bonds is 5. The minimum Gasteiger partial charge on any atom is -0.481 e. The number of amides is 1. The molecule has 3 rings (SSSR count). The number of nitrogens with zero attached hydrogens (tertiary/aromatic N) is 3. The predicted octanol–water partition coefficient (Wildman–Crippen LogP) is 1.61. The van der Waals surface area contributed by atoms with Crippen LogP contribution in [-0.2, 0) is 11.3 Å². The van der Waals surface area contributed by atoms with Gasteiger partial charge in [-0.1, -0.05) is 6.07 Å². The summed E-state index contributed by atoms with van der Waals surface area (Å²) in [5.41, 5.74) is 0.492. The Morgan fingerprint density at radius 3 is 2.96 bits per heavy atom. The number of nitrogens with one attached hydrogen (secondary N) is 1. The summed E-state index contributed by atoms with van der Waals surface area (Å²) in [5.74, 6) is -0.457. The van der Waals surface area contributed by atoms with Gasteiger partial charge in [0.05, 0.1) is 23.9 Å². The number of hydrogen-bond acceptors (Lipinski definition) is 7. The minimum absolute atomic E-state index is 0.198. The number of methoxy groups -OCH3 is 1. The maximum atomic E-state index is 12.0. The Morgan fingerprint density at radius 1 is 1.43 bits per heavy atom. The summed E-state index contributed by atoms with van der Waals surface area (Å²) in [6.45, 7) is -0.250. The zero-order chi connectivity index (χ0) is 16.2. The normalized spacial score (nSPS) is 10.5. The highest BCUT2D eigenvalue weighted by molar-refractivity contribution is 7.13. The van der Waals surface area contributed by atoms with Crippen molar-refractivity contribution in [1.82, 2.24) is 14.8 Å². The minimum atomic E-state index is -0.684. The lowest BCUT2D eigenvalue weighted by Gasteiger charge is -2.04. The first-order valence-corrected chi connectivity index (χ1v) is 7.45. The molecule has 9 heteroatoms. The van der Waals surface area contributed by atoms with Crippen molar-refractivity contribution in [3.05, 3.63) is 46.4 Å². The summed E-state index contributed by atoms with van der Waals surface area (Å²) in [5, 5.41) is 8.47. The fraction of sp³-hybridized carbons (Fsp3) is 0.143. The van der Waals surface area contributed by atoms with Crippen molar-refractivity contribution in [2.45, 2.75) is 6.54 Å². The molecule has 1 N–H and O–H groups in total. The second-order valence-electron chi connectivity index (χ2n) is 4.45. The zero-order valence-electron chi connectivity index (χ0n) is 12.1. The Hall–Kier alpha value is -2.94. The van der Waals surface area contributed by atoms with Gasteiger partial charge in [0.2, 0.25) is 11.8 Å². The Labute approximate surface area is 134 Å². The van der Waals surface area contributed by atoms with E-state index in [4.69, 9.17) is 9.15 Å². The molecule has 23 heavy (non-hydrogen) atoms. The third-order valence-corrected chi connectivity index (χ3v) is 3.72. The molecule has 118 valence electrons. The fourth-order valence-corrected chi connectivity index (χ4v) is 2.46. The van der Waals surface area contributed by atoms with E-state index < -0.39 is 11.7 Å². The molecule has 0 aliphatic carbocycles. The lowest BCUT2D eigenvalue weighted by molar-refractivity contribution is -0.117. The molecule has 3 aromatic rings. The van der Waals surface area contributed by atoms with Crippen molar-refractivity contribution in [1.29, 1.82) is 0 Å². The van der Waals surface area contributed by atoms with E-state index >= 15 is 0 Å². The van der Waals surface area contributed by atoms with Crippen molar-refractivity contribution in [2.75, 3.05) is 12.4 Å². The molecule has 0 fully saturated rings. The van der Waals surface area contributed by atoms with Gasteiger partial charge in [-0.2, -0.15) is 4.68 Å². The largest absolute Gasteiger partial charge is 0.481 e. The van der Waals surface area contributed by atoms with Gasteiger partial charge >= 0.3 is 5.76 Å². The van der Waals surface area contributed by atoms with Gasteiger partial charge in [0, 0.05) is 6.07 Å². The topological polar surface area (TPSA) is 99.2 Å². The summed E-state index contributed by atoms with van der Waals surface area (Å²) in [6.07, 6.45) is 1.46. The van der Waals surface area contributed by atoms with Gasteiger partial charge in [-0.25, -0.2) is 9.78 Å². The number of carbonyl (C=O) groups excluding carboxylic acids is 1. The van der Waals surface area contributed by atoms with Gasteiger partial charge < -0.3 is 14.5 Å². The van der Waals surface area contributed by atoms with Crippen LogP contribution < -0.4 is 15.8 Å². The van der Waals surface area contributed by atoms with Crippen LogP contribution in [0.1, 0.15) is 0 Å². The summed E-state index contributed by atoms with van der Waals surface area (Å²) < 4.78 is 10.9. The molecule has 0 atom stereocenters. The van der Waals surface area contributed by atoms with Crippen LogP contribution in [0.4, 0.5) is 5.69 Å². The van der Waals surface area contributed by atoms with Crippen LogP contribution in [0.25, 0.3) is 10.8 Å². The lowest BCUT2D eigenvalue weighted by Crippen LogP contribution is -2.25. The molecular weight excluding hydrogens is 320 g/mol. The van der Waals surface area contributed by atoms with Crippen LogP contribution in [0, 0.1) is 0 Å². The van der Waals surface area contributed by atoms with E-state index in [-0.39, 0.29) is 12.4 Å². The second kappa shape index (κ2) is 6.44. The predicted molar refractivity (Wildman–Crippen MR) is 83.5 cm³/mol. The number of aromatic nitrogens is 3.